The van der Waals surface area contributed by atoms with E-state index in [-0.39, 0.29) is 17.7 Å². The minimum Gasteiger partial charge on any atom is -0.507 e. The number of hydrogen-bond donors (Lipinski definition) is 6. The Morgan fingerprint density at radius 3 is 2.44 bits per heavy atom. The molecule has 0 amide bonds. The molecule has 92 valence electrons. The molecule has 0 spiro atoms. The van der Waals surface area contributed by atoms with E-state index in [2.05, 4.69) is 10.6 Å². The summed E-state index contributed by atoms with van der Waals surface area (Å²) in [6, 6.07) is 10.5. The molecule has 0 fully saturated rings. The van der Waals surface area contributed by atoms with Gasteiger partial charge in [0, 0.05) is 16.5 Å². The quantitative estimate of drug-likeness (QED) is 0.335. The first kappa shape index (κ1) is 11.7. The van der Waals surface area contributed by atoms with Crippen molar-refractivity contribution < 1.29 is 5.11 Å². The zero-order valence-electron chi connectivity index (χ0n) is 9.49. The van der Waals surface area contributed by atoms with E-state index in [1.807, 2.05) is 6.07 Å². The average molecular weight is 243 g/mol. The van der Waals surface area contributed by atoms with Crippen molar-refractivity contribution in [1.29, 1.82) is 10.8 Å². The maximum atomic E-state index is 9.72. The molecule has 6 nitrogen and oxygen atoms in total. The first-order chi connectivity index (χ1) is 8.58. The molecule has 0 aliphatic heterocycles. The Kier molecular flexibility index (Phi) is 3.01. The van der Waals surface area contributed by atoms with Gasteiger partial charge in [0.15, 0.2) is 11.9 Å². The molecule has 0 radical (unpaired) electrons. The van der Waals surface area contributed by atoms with Gasteiger partial charge in [-0.3, -0.25) is 16.1 Å². The number of phenolic OH excluding ortho intramolecular Hbond substituents is 1. The summed E-state index contributed by atoms with van der Waals surface area (Å²) in [5, 5.41) is 30.9. The van der Waals surface area contributed by atoms with E-state index in [1.165, 1.54) is 0 Å². The van der Waals surface area contributed by atoms with Crippen LogP contribution in [-0.2, 0) is 0 Å². The van der Waals surface area contributed by atoms with Gasteiger partial charge in [-0.05, 0) is 12.1 Å². The first-order valence-corrected chi connectivity index (χ1v) is 5.25. The van der Waals surface area contributed by atoms with E-state index in [0.29, 0.717) is 11.1 Å². The molecule has 0 aromatic heterocycles. The van der Waals surface area contributed by atoms with Crippen molar-refractivity contribution in [3.8, 4) is 5.75 Å². The molecule has 0 saturated heterocycles. The van der Waals surface area contributed by atoms with E-state index in [0.717, 1.165) is 5.39 Å². The summed E-state index contributed by atoms with van der Waals surface area (Å²) in [6.45, 7) is 0. The van der Waals surface area contributed by atoms with Crippen LogP contribution in [0.3, 0.4) is 0 Å². The third-order valence-corrected chi connectivity index (χ3v) is 2.42. The zero-order chi connectivity index (χ0) is 13.1. The van der Waals surface area contributed by atoms with Gasteiger partial charge in [-0.1, -0.05) is 24.3 Å². The number of nitrogens with two attached hydrogens (primary N) is 1. The second kappa shape index (κ2) is 4.62. The molecule has 0 bridgehead atoms. The molecule has 6 heteroatoms. The van der Waals surface area contributed by atoms with Crippen molar-refractivity contribution in [3.05, 3.63) is 36.4 Å². The van der Waals surface area contributed by atoms with Gasteiger partial charge in [0.25, 0.3) is 0 Å². The summed E-state index contributed by atoms with van der Waals surface area (Å²) in [5.41, 5.74) is 5.79. The summed E-state index contributed by atoms with van der Waals surface area (Å²) in [6.07, 6.45) is 0. The lowest BCUT2D eigenvalue weighted by Gasteiger charge is -2.11. The molecule has 0 saturated carbocycles. The number of anilines is 1. The lowest BCUT2D eigenvalue weighted by Crippen LogP contribution is -2.39. The highest BCUT2D eigenvalue weighted by Gasteiger charge is 2.05. The van der Waals surface area contributed by atoms with Crippen LogP contribution in [0.15, 0.2) is 36.4 Å². The number of phenols is 1. The highest BCUT2D eigenvalue weighted by Crippen LogP contribution is 2.29. The molecule has 2 aromatic rings. The van der Waals surface area contributed by atoms with E-state index in [9.17, 15) is 5.11 Å². The second-order valence-corrected chi connectivity index (χ2v) is 3.72. The number of hydrogen-bond acceptors (Lipinski definition) is 3. The van der Waals surface area contributed by atoms with Crippen LogP contribution >= 0.6 is 0 Å². The van der Waals surface area contributed by atoms with Crippen LogP contribution in [0.5, 0.6) is 5.75 Å². The van der Waals surface area contributed by atoms with Crippen LogP contribution in [0, 0.1) is 10.8 Å². The monoisotopic (exact) mass is 243 g/mol. The summed E-state index contributed by atoms with van der Waals surface area (Å²) < 4.78 is 0. The fourth-order valence-corrected chi connectivity index (χ4v) is 1.70. The van der Waals surface area contributed by atoms with E-state index < -0.39 is 0 Å². The van der Waals surface area contributed by atoms with Crippen molar-refractivity contribution in [2.75, 3.05) is 5.32 Å². The van der Waals surface area contributed by atoms with Crippen molar-refractivity contribution in [2.45, 2.75) is 0 Å². The largest absolute Gasteiger partial charge is 0.507 e. The van der Waals surface area contributed by atoms with Crippen LogP contribution in [-0.4, -0.2) is 17.0 Å². The van der Waals surface area contributed by atoms with Gasteiger partial charge < -0.3 is 16.2 Å². The molecule has 2 rings (SSSR count). The van der Waals surface area contributed by atoms with Gasteiger partial charge in [-0.2, -0.15) is 0 Å². The normalized spacial score (nSPS) is 10.0. The van der Waals surface area contributed by atoms with Crippen LogP contribution in [0.25, 0.3) is 10.8 Å². The lowest BCUT2D eigenvalue weighted by atomic mass is 10.1. The fourth-order valence-electron chi connectivity index (χ4n) is 1.70. The highest BCUT2D eigenvalue weighted by atomic mass is 16.3. The summed E-state index contributed by atoms with van der Waals surface area (Å²) in [5.74, 6) is -0.226. The molecular weight excluding hydrogens is 230 g/mol. The van der Waals surface area contributed by atoms with Crippen LogP contribution in [0.2, 0.25) is 0 Å². The summed E-state index contributed by atoms with van der Waals surface area (Å²) >= 11 is 0. The molecule has 0 heterocycles. The van der Waals surface area contributed by atoms with Crippen molar-refractivity contribution in [2.24, 2.45) is 5.73 Å². The Hall–Kier alpha value is -2.76. The third-order valence-electron chi connectivity index (χ3n) is 2.42. The SMILES string of the molecule is N=C(N)NC(=N)Nc1cccc2c(O)cccc12. The zero-order valence-corrected chi connectivity index (χ0v) is 9.49. The van der Waals surface area contributed by atoms with Gasteiger partial charge in [0.05, 0.1) is 0 Å². The van der Waals surface area contributed by atoms with E-state index in [1.54, 1.807) is 30.3 Å². The molecule has 0 aliphatic rings. The lowest BCUT2D eigenvalue weighted by molar-refractivity contribution is 0.481. The Morgan fingerprint density at radius 1 is 1.06 bits per heavy atom. The number of fused-ring (bicyclic) bond motifs is 1. The van der Waals surface area contributed by atoms with Gasteiger partial charge in [-0.15, -0.1) is 0 Å². The molecule has 0 atom stereocenters. The predicted molar refractivity (Wildman–Crippen MR) is 72.0 cm³/mol. The molecular formula is C12H13N5O. The van der Waals surface area contributed by atoms with Gasteiger partial charge in [-0.25, -0.2) is 0 Å². The smallest absolute Gasteiger partial charge is 0.199 e. The first-order valence-electron chi connectivity index (χ1n) is 5.25. The predicted octanol–water partition coefficient (Wildman–Crippen LogP) is 1.38. The third kappa shape index (κ3) is 2.32. The number of nitrogens with one attached hydrogen (secondary N) is 4. The van der Waals surface area contributed by atoms with Crippen molar-refractivity contribution in [3.63, 3.8) is 0 Å². The Balaban J connectivity index is 2.37. The number of aromatic hydroxyl groups is 1. The molecule has 0 unspecified atom stereocenters. The Bertz CT molecular complexity index is 623. The van der Waals surface area contributed by atoms with Crippen molar-refractivity contribution in [1.82, 2.24) is 5.32 Å². The number of guanidine groups is 2. The van der Waals surface area contributed by atoms with Gasteiger partial charge in [0.2, 0.25) is 0 Å². The topological polar surface area (TPSA) is 118 Å². The number of benzene rings is 2. The van der Waals surface area contributed by atoms with Gasteiger partial charge in [0.1, 0.15) is 5.75 Å². The van der Waals surface area contributed by atoms with Crippen molar-refractivity contribution >= 4 is 28.4 Å². The minimum absolute atomic E-state index is 0.0988. The van der Waals surface area contributed by atoms with Crippen LogP contribution in [0.1, 0.15) is 0 Å². The molecule has 18 heavy (non-hydrogen) atoms. The fraction of sp³-hybridized carbons (Fsp3) is 0. The maximum Gasteiger partial charge on any atom is 0.199 e. The van der Waals surface area contributed by atoms with Crippen LogP contribution in [0.4, 0.5) is 5.69 Å². The molecule has 0 aliphatic carbocycles. The van der Waals surface area contributed by atoms with Crippen LogP contribution < -0.4 is 16.4 Å². The maximum absolute atomic E-state index is 9.72. The molecule has 7 N–H and O–H groups in total. The van der Waals surface area contributed by atoms with Gasteiger partial charge >= 0.3 is 0 Å². The molecule has 2 aromatic carbocycles. The minimum atomic E-state index is -0.310. The second-order valence-electron chi connectivity index (χ2n) is 3.72. The Labute approximate surface area is 103 Å². The number of rotatable bonds is 1. The summed E-state index contributed by atoms with van der Waals surface area (Å²) in [7, 11) is 0. The van der Waals surface area contributed by atoms with E-state index >= 15 is 0 Å². The standard InChI is InChI=1S/C12H13N5O/c13-11(14)17-12(15)16-9-5-1-4-8-7(9)3-2-6-10(8)18/h1-6,18H,(H6,13,14,15,16,17). The average Bonchev–Trinajstić information content (AvgIpc) is 2.29. The highest BCUT2D eigenvalue weighted by molar-refractivity contribution is 6.07. The Morgan fingerprint density at radius 2 is 1.72 bits per heavy atom. The summed E-state index contributed by atoms with van der Waals surface area (Å²) in [4.78, 5) is 0. The van der Waals surface area contributed by atoms with E-state index in [4.69, 9.17) is 16.6 Å².